The molecule has 182 valence electrons. The summed E-state index contributed by atoms with van der Waals surface area (Å²) in [4.78, 5) is 29.3. The summed E-state index contributed by atoms with van der Waals surface area (Å²) in [6, 6.07) is 2.62. The fourth-order valence-corrected chi connectivity index (χ4v) is 5.21. The Labute approximate surface area is 196 Å². The third-order valence-electron chi connectivity index (χ3n) is 5.73. The summed E-state index contributed by atoms with van der Waals surface area (Å²) >= 11 is 1.20. The van der Waals surface area contributed by atoms with E-state index in [1.807, 2.05) is 19.0 Å². The molecule has 0 N–H and O–H groups in total. The van der Waals surface area contributed by atoms with Gasteiger partial charge in [-0.1, -0.05) is 6.07 Å². The van der Waals surface area contributed by atoms with Crippen molar-refractivity contribution in [3.05, 3.63) is 57.1 Å². The van der Waals surface area contributed by atoms with Crippen LogP contribution in [0.5, 0.6) is 0 Å². The minimum atomic E-state index is -4.89. The lowest BCUT2D eigenvalue weighted by Gasteiger charge is -2.18. The minimum absolute atomic E-state index is 0.0279. The Hall–Kier alpha value is -2.79. The van der Waals surface area contributed by atoms with Crippen molar-refractivity contribution in [2.45, 2.75) is 31.9 Å². The number of nitrogens with zero attached hydrogens (tertiary/aromatic N) is 3. The molecule has 0 aliphatic carbocycles. The van der Waals surface area contributed by atoms with Crippen LogP contribution in [0.25, 0.3) is 21.2 Å². The first kappa shape index (κ1) is 24.3. The maximum absolute atomic E-state index is 13.8. The molecule has 0 bridgehead atoms. The van der Waals surface area contributed by atoms with Crippen molar-refractivity contribution >= 4 is 27.3 Å². The second-order valence-corrected chi connectivity index (χ2v) is 9.48. The van der Waals surface area contributed by atoms with Gasteiger partial charge in [0.15, 0.2) is 0 Å². The number of aromatic nitrogens is 1. The van der Waals surface area contributed by atoms with Crippen molar-refractivity contribution in [1.82, 2.24) is 14.4 Å². The molecule has 1 fully saturated rings. The smallest absolute Gasteiger partial charge is 0.338 e. The summed E-state index contributed by atoms with van der Waals surface area (Å²) in [5, 5.41) is 1.74. The van der Waals surface area contributed by atoms with Crippen LogP contribution in [-0.2, 0) is 24.1 Å². The van der Waals surface area contributed by atoms with Crippen LogP contribution in [0.4, 0.5) is 22.0 Å². The first-order valence-electron chi connectivity index (χ1n) is 10.5. The topological polar surface area (TPSA) is 45.6 Å². The Balaban J connectivity index is 1.85. The molecule has 11 heteroatoms. The molecule has 2 aromatic heterocycles. The zero-order valence-electron chi connectivity index (χ0n) is 18.5. The van der Waals surface area contributed by atoms with Gasteiger partial charge in [-0.3, -0.25) is 9.59 Å². The van der Waals surface area contributed by atoms with Crippen molar-refractivity contribution in [3.8, 4) is 11.1 Å². The van der Waals surface area contributed by atoms with Crippen molar-refractivity contribution < 1.29 is 26.7 Å². The normalized spacial score (nSPS) is 16.7. The molecule has 34 heavy (non-hydrogen) atoms. The van der Waals surface area contributed by atoms with Crippen molar-refractivity contribution in [3.63, 3.8) is 0 Å². The predicted octanol–water partition coefficient (Wildman–Crippen LogP) is 4.52. The highest BCUT2D eigenvalue weighted by molar-refractivity contribution is 7.18. The molecule has 4 rings (SSSR count). The van der Waals surface area contributed by atoms with Gasteiger partial charge < -0.3 is 14.4 Å². The molecular formula is C23H22F5N3O2S. The van der Waals surface area contributed by atoms with Gasteiger partial charge in [0.25, 0.3) is 5.56 Å². The molecule has 1 aliphatic heterocycles. The average Bonchev–Trinajstić information content (AvgIpc) is 3.37. The van der Waals surface area contributed by atoms with E-state index in [1.165, 1.54) is 26.9 Å². The number of likely N-dealkylation sites (tertiary alicyclic amines) is 1. The van der Waals surface area contributed by atoms with Crippen LogP contribution in [0.2, 0.25) is 0 Å². The van der Waals surface area contributed by atoms with E-state index in [-0.39, 0.29) is 42.6 Å². The van der Waals surface area contributed by atoms with Crippen molar-refractivity contribution in [2.24, 2.45) is 0 Å². The Morgan fingerprint density at radius 1 is 1.26 bits per heavy atom. The van der Waals surface area contributed by atoms with Gasteiger partial charge >= 0.3 is 6.18 Å². The molecule has 3 aromatic rings. The highest BCUT2D eigenvalue weighted by atomic mass is 32.1. The fourth-order valence-electron chi connectivity index (χ4n) is 4.14. The largest absolute Gasteiger partial charge is 0.419 e. The lowest BCUT2D eigenvalue weighted by Crippen LogP contribution is -2.35. The molecule has 3 heterocycles. The van der Waals surface area contributed by atoms with Crippen molar-refractivity contribution in [1.29, 1.82) is 0 Å². The van der Waals surface area contributed by atoms with Crippen LogP contribution in [-0.4, -0.2) is 53.6 Å². The number of pyridine rings is 1. The van der Waals surface area contributed by atoms with E-state index >= 15 is 0 Å². The molecular weight excluding hydrogens is 477 g/mol. The number of carbonyl (C=O) groups is 1. The first-order chi connectivity index (χ1) is 16.0. The maximum Gasteiger partial charge on any atom is 0.419 e. The van der Waals surface area contributed by atoms with Crippen LogP contribution in [0.3, 0.4) is 0 Å². The third kappa shape index (κ3) is 4.72. The maximum atomic E-state index is 13.8. The highest BCUT2D eigenvalue weighted by Crippen LogP contribution is 2.38. The van der Waals surface area contributed by atoms with Gasteiger partial charge in [-0.15, -0.1) is 11.3 Å². The quantitative estimate of drug-likeness (QED) is 0.485. The van der Waals surface area contributed by atoms with Gasteiger partial charge in [-0.2, -0.15) is 13.2 Å². The summed E-state index contributed by atoms with van der Waals surface area (Å²) in [5.41, 5.74) is -0.958. The minimum Gasteiger partial charge on any atom is -0.338 e. The van der Waals surface area contributed by atoms with Gasteiger partial charge in [-0.25, -0.2) is 8.78 Å². The van der Waals surface area contributed by atoms with E-state index in [9.17, 15) is 31.5 Å². The van der Waals surface area contributed by atoms with E-state index in [2.05, 4.69) is 0 Å². The molecule has 1 aromatic carbocycles. The number of benzene rings is 1. The zero-order valence-corrected chi connectivity index (χ0v) is 19.3. The number of alkyl halides is 4. The fraction of sp³-hybridized carbons (Fsp3) is 0.391. The number of fused-ring (bicyclic) bond motifs is 1. The molecule has 5 nitrogen and oxygen atoms in total. The molecule has 1 saturated heterocycles. The average molecular weight is 500 g/mol. The van der Waals surface area contributed by atoms with Crippen molar-refractivity contribution in [2.75, 3.05) is 27.2 Å². The molecule has 1 aliphatic rings. The number of thiophene rings is 1. The Morgan fingerprint density at radius 2 is 2.00 bits per heavy atom. The number of hydrogen-bond donors (Lipinski definition) is 0. The van der Waals surface area contributed by atoms with Gasteiger partial charge in [0, 0.05) is 40.5 Å². The SMILES string of the molecule is CN(C)Cc1cn(CC(=O)N2CCC(F)C2)c(=O)c2c(-c3ccc(F)c(C(F)(F)F)c3)csc12. The monoisotopic (exact) mass is 499 g/mol. The van der Waals surface area contributed by atoms with Gasteiger partial charge in [0.1, 0.15) is 18.5 Å². The van der Waals surface area contributed by atoms with Crippen LogP contribution in [0.1, 0.15) is 17.5 Å². The van der Waals surface area contributed by atoms with E-state index < -0.39 is 35.2 Å². The van der Waals surface area contributed by atoms with E-state index in [0.29, 0.717) is 22.9 Å². The molecule has 1 unspecified atom stereocenters. The number of carbonyl (C=O) groups excluding carboxylic acids is 1. The number of hydrogen-bond acceptors (Lipinski definition) is 4. The predicted molar refractivity (Wildman–Crippen MR) is 120 cm³/mol. The lowest BCUT2D eigenvalue weighted by molar-refractivity contribution is -0.140. The summed E-state index contributed by atoms with van der Waals surface area (Å²) in [6.45, 7) is 0.341. The van der Waals surface area contributed by atoms with E-state index in [1.54, 1.807) is 11.6 Å². The van der Waals surface area contributed by atoms with Crippen LogP contribution < -0.4 is 5.56 Å². The third-order valence-corrected chi connectivity index (χ3v) is 6.78. The summed E-state index contributed by atoms with van der Waals surface area (Å²) in [7, 11) is 3.64. The van der Waals surface area contributed by atoms with Gasteiger partial charge in [0.05, 0.1) is 17.5 Å². The summed E-state index contributed by atoms with van der Waals surface area (Å²) in [5.74, 6) is -1.81. The summed E-state index contributed by atoms with van der Waals surface area (Å²) in [6.07, 6.45) is -4.18. The van der Waals surface area contributed by atoms with E-state index in [0.717, 1.165) is 6.07 Å². The van der Waals surface area contributed by atoms with Crippen LogP contribution in [0, 0.1) is 5.82 Å². The zero-order chi connectivity index (χ0) is 24.8. The Kier molecular flexibility index (Phi) is 6.52. The van der Waals surface area contributed by atoms with Gasteiger partial charge in [0.2, 0.25) is 5.91 Å². The Bertz CT molecular complexity index is 1300. The molecule has 0 saturated carbocycles. The van der Waals surface area contributed by atoms with Crippen LogP contribution >= 0.6 is 11.3 Å². The molecule has 1 amide bonds. The van der Waals surface area contributed by atoms with Gasteiger partial charge in [-0.05, 0) is 38.2 Å². The number of rotatable bonds is 5. The number of halogens is 5. The Morgan fingerprint density at radius 3 is 2.62 bits per heavy atom. The van der Waals surface area contributed by atoms with E-state index in [4.69, 9.17) is 0 Å². The van der Waals surface area contributed by atoms with Crippen LogP contribution in [0.15, 0.2) is 34.6 Å². The second kappa shape index (κ2) is 9.10. The lowest BCUT2D eigenvalue weighted by atomic mass is 10.0. The molecule has 1 atom stereocenters. The number of amides is 1. The second-order valence-electron chi connectivity index (χ2n) is 8.60. The molecule has 0 spiro atoms. The highest BCUT2D eigenvalue weighted by Gasteiger charge is 2.34. The standard InChI is InChI=1S/C23H22F5N3O2S/c1-29(2)8-14-9-31(11-19(32)30-6-5-15(24)10-30)22(33)20-16(12-34-21(14)20)13-3-4-18(25)17(7-13)23(26,27)28/h3-4,7,9,12,15H,5-6,8,10-11H2,1-2H3. The molecule has 0 radical (unpaired) electrons. The summed E-state index contributed by atoms with van der Waals surface area (Å²) < 4.78 is 69.0. The first-order valence-corrected chi connectivity index (χ1v) is 11.4.